The van der Waals surface area contributed by atoms with Crippen LogP contribution >= 0.6 is 11.8 Å². The van der Waals surface area contributed by atoms with Gasteiger partial charge >= 0.3 is 0 Å². The molecule has 1 atom stereocenters. The standard InChI is InChI=1S/C30H29N3O5S3/c34-30(31-25-18-16-24(17-19-25)23-39-26-10-4-1-5-11-26)29-22-32(40(35,36)27-12-6-2-7-13-27)20-21-33(29)41(37,38)28-14-8-3-9-15-28/h1-19,29H,20-23H2,(H,31,34)/t29-/m0/s1. The Morgan fingerprint density at radius 1 is 0.707 bits per heavy atom. The summed E-state index contributed by atoms with van der Waals surface area (Å²) in [6.45, 7) is -0.571. The molecule has 4 aromatic rings. The number of thioether (sulfide) groups is 1. The van der Waals surface area contributed by atoms with Gasteiger partial charge in [-0.15, -0.1) is 11.8 Å². The van der Waals surface area contributed by atoms with Crippen LogP contribution in [0, 0.1) is 0 Å². The summed E-state index contributed by atoms with van der Waals surface area (Å²) >= 11 is 1.69. The van der Waals surface area contributed by atoms with Crippen molar-refractivity contribution in [2.45, 2.75) is 26.5 Å². The molecule has 0 spiro atoms. The highest BCUT2D eigenvalue weighted by Gasteiger charge is 2.43. The largest absolute Gasteiger partial charge is 0.325 e. The van der Waals surface area contributed by atoms with E-state index in [-0.39, 0.29) is 29.4 Å². The number of amides is 1. The van der Waals surface area contributed by atoms with Crippen LogP contribution in [0.15, 0.2) is 130 Å². The third-order valence-corrected chi connectivity index (χ3v) is 11.6. The van der Waals surface area contributed by atoms with Crippen LogP contribution in [0.4, 0.5) is 5.69 Å². The molecule has 1 aliphatic heterocycles. The number of rotatable bonds is 9. The maximum absolute atomic E-state index is 13.6. The normalized spacial score (nSPS) is 16.7. The number of piperazine rings is 1. The lowest BCUT2D eigenvalue weighted by Crippen LogP contribution is -2.60. The van der Waals surface area contributed by atoms with E-state index in [9.17, 15) is 21.6 Å². The molecule has 1 fully saturated rings. The van der Waals surface area contributed by atoms with Crippen molar-refractivity contribution in [3.05, 3.63) is 121 Å². The van der Waals surface area contributed by atoms with Gasteiger partial charge in [-0.3, -0.25) is 4.79 Å². The van der Waals surface area contributed by atoms with Crippen LogP contribution in [-0.4, -0.2) is 57.0 Å². The van der Waals surface area contributed by atoms with Gasteiger partial charge in [0.1, 0.15) is 6.04 Å². The molecule has 212 valence electrons. The minimum Gasteiger partial charge on any atom is -0.325 e. The Balaban J connectivity index is 1.37. The van der Waals surface area contributed by atoms with Gasteiger partial charge in [0.05, 0.1) is 9.79 Å². The second kappa shape index (κ2) is 12.6. The van der Waals surface area contributed by atoms with Gasteiger partial charge in [-0.1, -0.05) is 66.7 Å². The average Bonchev–Trinajstić information content (AvgIpc) is 3.01. The molecule has 5 rings (SSSR count). The van der Waals surface area contributed by atoms with Gasteiger partial charge in [0, 0.05) is 36.0 Å². The molecule has 1 N–H and O–H groups in total. The van der Waals surface area contributed by atoms with Crippen molar-refractivity contribution in [1.29, 1.82) is 0 Å². The first-order chi connectivity index (χ1) is 19.7. The topological polar surface area (TPSA) is 104 Å². The summed E-state index contributed by atoms with van der Waals surface area (Å²) < 4.78 is 56.2. The van der Waals surface area contributed by atoms with Crippen molar-refractivity contribution in [1.82, 2.24) is 8.61 Å². The molecular formula is C30H29N3O5S3. The highest BCUT2D eigenvalue weighted by molar-refractivity contribution is 7.98. The lowest BCUT2D eigenvalue weighted by atomic mass is 10.2. The number of nitrogens with zero attached hydrogens (tertiary/aromatic N) is 2. The molecule has 0 radical (unpaired) electrons. The number of anilines is 1. The van der Waals surface area contributed by atoms with Crippen LogP contribution in [0.1, 0.15) is 5.56 Å². The Hall–Kier alpha value is -3.48. The van der Waals surface area contributed by atoms with Gasteiger partial charge in [-0.25, -0.2) is 16.8 Å². The minimum atomic E-state index is -4.07. The molecule has 0 aliphatic carbocycles. The number of nitrogens with one attached hydrogen (secondary N) is 1. The molecule has 0 aromatic heterocycles. The molecule has 4 aromatic carbocycles. The van der Waals surface area contributed by atoms with Crippen LogP contribution in [-0.2, 0) is 30.6 Å². The molecule has 11 heteroatoms. The Morgan fingerprint density at radius 3 is 1.83 bits per heavy atom. The van der Waals surface area contributed by atoms with E-state index in [1.165, 1.54) is 28.6 Å². The molecule has 1 saturated heterocycles. The third kappa shape index (κ3) is 6.71. The summed E-state index contributed by atoms with van der Waals surface area (Å²) in [6, 6.07) is 31.8. The first kappa shape index (κ1) is 29.0. The van der Waals surface area contributed by atoms with Crippen molar-refractivity contribution in [3.63, 3.8) is 0 Å². The van der Waals surface area contributed by atoms with Gasteiger partial charge in [-0.2, -0.15) is 8.61 Å². The predicted molar refractivity (Wildman–Crippen MR) is 160 cm³/mol. The predicted octanol–water partition coefficient (Wildman–Crippen LogP) is 4.68. The van der Waals surface area contributed by atoms with E-state index >= 15 is 0 Å². The van der Waals surface area contributed by atoms with E-state index in [1.54, 1.807) is 60.3 Å². The molecule has 0 unspecified atom stereocenters. The summed E-state index contributed by atoms with van der Waals surface area (Å²) in [6.07, 6.45) is 0. The van der Waals surface area contributed by atoms with Crippen molar-refractivity contribution >= 4 is 43.4 Å². The van der Waals surface area contributed by atoms with Crippen LogP contribution in [0.25, 0.3) is 0 Å². The zero-order valence-electron chi connectivity index (χ0n) is 22.0. The summed E-state index contributed by atoms with van der Waals surface area (Å²) in [4.78, 5) is 14.9. The monoisotopic (exact) mass is 607 g/mol. The number of benzene rings is 4. The zero-order valence-corrected chi connectivity index (χ0v) is 24.5. The van der Waals surface area contributed by atoms with Crippen LogP contribution in [0.3, 0.4) is 0 Å². The smallest absolute Gasteiger partial charge is 0.244 e. The van der Waals surface area contributed by atoms with Gasteiger partial charge in [0.15, 0.2) is 0 Å². The lowest BCUT2D eigenvalue weighted by molar-refractivity contribution is -0.120. The SMILES string of the molecule is O=C(Nc1ccc(CSc2ccccc2)cc1)[C@@H]1CN(S(=O)(=O)c2ccccc2)CCN1S(=O)(=O)c1ccccc1. The van der Waals surface area contributed by atoms with Crippen LogP contribution in [0.5, 0.6) is 0 Å². The molecule has 1 amide bonds. The maximum atomic E-state index is 13.6. The second-order valence-electron chi connectivity index (χ2n) is 9.41. The summed E-state index contributed by atoms with van der Waals surface area (Å²) in [5, 5.41) is 2.80. The summed E-state index contributed by atoms with van der Waals surface area (Å²) in [7, 11) is -8.01. The van der Waals surface area contributed by atoms with E-state index in [4.69, 9.17) is 0 Å². The molecule has 8 nitrogen and oxygen atoms in total. The summed E-state index contributed by atoms with van der Waals surface area (Å²) in [5.41, 5.74) is 1.55. The molecule has 41 heavy (non-hydrogen) atoms. The number of sulfonamides is 2. The Morgan fingerprint density at radius 2 is 1.24 bits per heavy atom. The molecule has 0 bridgehead atoms. The van der Waals surface area contributed by atoms with Crippen LogP contribution in [0.2, 0.25) is 0 Å². The fourth-order valence-electron chi connectivity index (χ4n) is 4.52. The van der Waals surface area contributed by atoms with Gasteiger partial charge in [-0.05, 0) is 54.1 Å². The fraction of sp³-hybridized carbons (Fsp3) is 0.167. The molecule has 1 aliphatic rings. The van der Waals surface area contributed by atoms with Crippen LogP contribution < -0.4 is 5.32 Å². The number of hydrogen-bond acceptors (Lipinski definition) is 6. The van der Waals surface area contributed by atoms with E-state index in [0.717, 1.165) is 20.5 Å². The van der Waals surface area contributed by atoms with Crippen molar-refractivity contribution < 1.29 is 21.6 Å². The highest BCUT2D eigenvalue weighted by atomic mass is 32.2. The Labute approximate surface area is 245 Å². The van der Waals surface area contributed by atoms with E-state index in [1.807, 2.05) is 42.5 Å². The first-order valence-corrected chi connectivity index (χ1v) is 16.8. The molecular weight excluding hydrogens is 579 g/mol. The van der Waals surface area contributed by atoms with Crippen molar-refractivity contribution in [2.75, 3.05) is 25.0 Å². The number of carbonyl (C=O) groups is 1. The quantitative estimate of drug-likeness (QED) is 0.277. The number of hydrogen-bond donors (Lipinski definition) is 1. The van der Waals surface area contributed by atoms with Gasteiger partial charge in [0.2, 0.25) is 26.0 Å². The van der Waals surface area contributed by atoms with Gasteiger partial charge < -0.3 is 5.32 Å². The second-order valence-corrected chi connectivity index (χ2v) is 14.3. The minimum absolute atomic E-state index is 0.0393. The van der Waals surface area contributed by atoms with Crippen molar-refractivity contribution in [3.8, 4) is 0 Å². The summed E-state index contributed by atoms with van der Waals surface area (Å²) in [5.74, 6) is 0.139. The Kier molecular flexibility index (Phi) is 8.91. The van der Waals surface area contributed by atoms with Crippen molar-refractivity contribution in [2.24, 2.45) is 0 Å². The first-order valence-electron chi connectivity index (χ1n) is 12.9. The van der Waals surface area contributed by atoms with E-state index in [2.05, 4.69) is 5.32 Å². The lowest BCUT2D eigenvalue weighted by Gasteiger charge is -2.38. The highest BCUT2D eigenvalue weighted by Crippen LogP contribution is 2.27. The molecule has 1 heterocycles. The maximum Gasteiger partial charge on any atom is 0.244 e. The zero-order chi connectivity index (χ0) is 28.9. The third-order valence-electron chi connectivity index (χ3n) is 6.70. The van der Waals surface area contributed by atoms with Gasteiger partial charge in [0.25, 0.3) is 0 Å². The molecule has 0 saturated carbocycles. The van der Waals surface area contributed by atoms with E-state index < -0.39 is 32.0 Å². The average molecular weight is 608 g/mol. The fourth-order valence-corrected chi connectivity index (χ4v) is 8.45. The Bertz CT molecular complexity index is 1690. The van der Waals surface area contributed by atoms with E-state index in [0.29, 0.717) is 5.69 Å². The number of carbonyl (C=O) groups excluding carboxylic acids is 1.